The molecule has 1 aliphatic heterocycles. The summed E-state index contributed by atoms with van der Waals surface area (Å²) >= 11 is 0. The SMILES string of the molecule is O=C(CCCOc1ccccc1)NCC(c1ccc(F)cc1)N1CCCC1. The van der Waals surface area contributed by atoms with Gasteiger partial charge in [0.05, 0.1) is 12.6 Å². The number of benzene rings is 2. The predicted octanol–water partition coefficient (Wildman–Crippen LogP) is 3.94. The fourth-order valence-corrected chi connectivity index (χ4v) is 3.43. The van der Waals surface area contributed by atoms with Gasteiger partial charge in [-0.15, -0.1) is 0 Å². The van der Waals surface area contributed by atoms with Gasteiger partial charge in [0.1, 0.15) is 11.6 Å². The molecule has 27 heavy (non-hydrogen) atoms. The Kier molecular flexibility index (Phi) is 7.22. The standard InChI is InChI=1S/C22H27FN2O2/c23-19-12-10-18(11-13-19)21(25-14-4-5-15-25)17-24-22(26)9-6-16-27-20-7-2-1-3-8-20/h1-3,7-8,10-13,21H,4-6,9,14-17H2,(H,24,26). The van der Waals surface area contributed by atoms with Crippen LogP contribution >= 0.6 is 0 Å². The first-order valence-corrected chi connectivity index (χ1v) is 9.66. The van der Waals surface area contributed by atoms with E-state index in [1.807, 2.05) is 42.5 Å². The second kappa shape index (κ2) is 10.1. The summed E-state index contributed by atoms with van der Waals surface area (Å²) in [5.74, 6) is 0.614. The van der Waals surface area contributed by atoms with Crippen LogP contribution in [-0.4, -0.2) is 37.0 Å². The molecule has 0 bridgehead atoms. The molecular formula is C22H27FN2O2. The number of likely N-dealkylation sites (tertiary alicyclic amines) is 1. The Bertz CT molecular complexity index is 700. The summed E-state index contributed by atoms with van der Waals surface area (Å²) in [7, 11) is 0. The lowest BCUT2D eigenvalue weighted by Gasteiger charge is -2.28. The minimum atomic E-state index is -0.235. The topological polar surface area (TPSA) is 41.6 Å². The molecule has 0 radical (unpaired) electrons. The van der Waals surface area contributed by atoms with Gasteiger partial charge in [-0.3, -0.25) is 9.69 Å². The Labute approximate surface area is 160 Å². The molecule has 1 fully saturated rings. The molecule has 3 rings (SSSR count). The molecule has 4 nitrogen and oxygen atoms in total. The van der Waals surface area contributed by atoms with Crippen molar-refractivity contribution in [1.29, 1.82) is 0 Å². The number of nitrogens with one attached hydrogen (secondary N) is 1. The molecule has 1 aliphatic rings. The first-order chi connectivity index (χ1) is 13.2. The van der Waals surface area contributed by atoms with Crippen molar-refractivity contribution in [2.24, 2.45) is 0 Å². The van der Waals surface area contributed by atoms with Gasteiger partial charge in [0.15, 0.2) is 0 Å². The Hall–Kier alpha value is -2.40. The molecule has 1 amide bonds. The molecule has 0 aromatic heterocycles. The minimum absolute atomic E-state index is 0.0259. The molecule has 0 saturated carbocycles. The fourth-order valence-electron chi connectivity index (χ4n) is 3.43. The zero-order chi connectivity index (χ0) is 18.9. The van der Waals surface area contributed by atoms with Crippen molar-refractivity contribution in [3.8, 4) is 5.75 Å². The van der Waals surface area contributed by atoms with Gasteiger partial charge < -0.3 is 10.1 Å². The number of hydrogen-bond donors (Lipinski definition) is 1. The van der Waals surface area contributed by atoms with E-state index in [9.17, 15) is 9.18 Å². The number of nitrogens with zero attached hydrogens (tertiary/aromatic N) is 1. The van der Waals surface area contributed by atoms with Gasteiger partial charge in [0, 0.05) is 13.0 Å². The zero-order valence-electron chi connectivity index (χ0n) is 15.6. The molecule has 1 atom stereocenters. The maximum absolute atomic E-state index is 13.2. The van der Waals surface area contributed by atoms with Gasteiger partial charge in [0.25, 0.3) is 0 Å². The highest BCUT2D eigenvalue weighted by atomic mass is 19.1. The second-order valence-electron chi connectivity index (χ2n) is 6.88. The lowest BCUT2D eigenvalue weighted by Crippen LogP contribution is -2.36. The molecule has 1 unspecified atom stereocenters. The molecule has 0 spiro atoms. The number of para-hydroxylation sites is 1. The zero-order valence-corrected chi connectivity index (χ0v) is 15.6. The van der Waals surface area contributed by atoms with Gasteiger partial charge in [-0.1, -0.05) is 30.3 Å². The highest BCUT2D eigenvalue weighted by Gasteiger charge is 2.23. The maximum Gasteiger partial charge on any atom is 0.220 e. The molecule has 2 aromatic carbocycles. The molecular weight excluding hydrogens is 343 g/mol. The normalized spacial score (nSPS) is 15.4. The number of carbonyl (C=O) groups is 1. The van der Waals surface area contributed by atoms with Gasteiger partial charge >= 0.3 is 0 Å². The largest absolute Gasteiger partial charge is 0.494 e. The summed E-state index contributed by atoms with van der Waals surface area (Å²) in [4.78, 5) is 14.6. The highest BCUT2D eigenvalue weighted by molar-refractivity contribution is 5.75. The first kappa shape index (κ1) is 19.4. The quantitative estimate of drug-likeness (QED) is 0.680. The van der Waals surface area contributed by atoms with Crippen molar-refractivity contribution in [3.63, 3.8) is 0 Å². The number of hydrogen-bond acceptors (Lipinski definition) is 3. The average Bonchev–Trinajstić information content (AvgIpc) is 3.22. The van der Waals surface area contributed by atoms with Crippen molar-refractivity contribution in [3.05, 3.63) is 66.0 Å². The van der Waals surface area contributed by atoms with Crippen LogP contribution in [-0.2, 0) is 4.79 Å². The summed E-state index contributed by atoms with van der Waals surface area (Å²) in [5.41, 5.74) is 1.05. The van der Waals surface area contributed by atoms with Gasteiger partial charge in [-0.2, -0.15) is 0 Å². The molecule has 1 N–H and O–H groups in total. The third-order valence-corrected chi connectivity index (χ3v) is 4.89. The lowest BCUT2D eigenvalue weighted by atomic mass is 10.1. The van der Waals surface area contributed by atoms with Crippen LogP contribution in [0.4, 0.5) is 4.39 Å². The summed E-state index contributed by atoms with van der Waals surface area (Å²) in [5, 5.41) is 3.04. The fraction of sp³-hybridized carbons (Fsp3) is 0.409. The maximum atomic E-state index is 13.2. The summed E-state index contributed by atoms with van der Waals surface area (Å²) in [6, 6.07) is 16.3. The van der Waals surface area contributed by atoms with E-state index in [-0.39, 0.29) is 17.8 Å². The molecule has 1 saturated heterocycles. The lowest BCUT2D eigenvalue weighted by molar-refractivity contribution is -0.121. The number of ether oxygens (including phenoxy) is 1. The van der Waals surface area contributed by atoms with E-state index in [1.54, 1.807) is 0 Å². The average molecular weight is 370 g/mol. The number of rotatable bonds is 9. The Morgan fingerprint density at radius 1 is 1.07 bits per heavy atom. The van der Waals surface area contributed by atoms with E-state index in [2.05, 4.69) is 10.2 Å². The van der Waals surface area contributed by atoms with Crippen LogP contribution in [0.1, 0.15) is 37.3 Å². The van der Waals surface area contributed by atoms with E-state index < -0.39 is 0 Å². The van der Waals surface area contributed by atoms with E-state index in [4.69, 9.17) is 4.74 Å². The molecule has 1 heterocycles. The van der Waals surface area contributed by atoms with Gasteiger partial charge in [-0.05, 0) is 62.2 Å². The smallest absolute Gasteiger partial charge is 0.220 e. The Balaban J connectivity index is 1.45. The first-order valence-electron chi connectivity index (χ1n) is 9.66. The second-order valence-corrected chi connectivity index (χ2v) is 6.88. The summed E-state index contributed by atoms with van der Waals surface area (Å²) in [6.07, 6.45) is 3.44. The van der Waals surface area contributed by atoms with Crippen molar-refractivity contribution in [2.45, 2.75) is 31.7 Å². The van der Waals surface area contributed by atoms with Crippen molar-refractivity contribution >= 4 is 5.91 Å². The highest BCUT2D eigenvalue weighted by Crippen LogP contribution is 2.24. The molecule has 0 aliphatic carbocycles. The number of halogens is 1. The Morgan fingerprint density at radius 3 is 2.48 bits per heavy atom. The van der Waals surface area contributed by atoms with Crippen LogP contribution in [0.2, 0.25) is 0 Å². The van der Waals surface area contributed by atoms with Crippen LogP contribution in [0.3, 0.4) is 0 Å². The third kappa shape index (κ3) is 6.07. The molecule has 2 aromatic rings. The van der Waals surface area contributed by atoms with E-state index >= 15 is 0 Å². The van der Waals surface area contributed by atoms with Crippen LogP contribution in [0.25, 0.3) is 0 Å². The third-order valence-electron chi connectivity index (χ3n) is 4.89. The van der Waals surface area contributed by atoms with Crippen LogP contribution in [0.15, 0.2) is 54.6 Å². The van der Waals surface area contributed by atoms with E-state index in [0.29, 0.717) is 26.0 Å². The number of amides is 1. The molecule has 5 heteroatoms. The van der Waals surface area contributed by atoms with Crippen molar-refractivity contribution in [1.82, 2.24) is 10.2 Å². The van der Waals surface area contributed by atoms with Gasteiger partial charge in [0.2, 0.25) is 5.91 Å². The van der Waals surface area contributed by atoms with E-state index in [0.717, 1.165) is 24.4 Å². The van der Waals surface area contributed by atoms with Crippen LogP contribution < -0.4 is 10.1 Å². The van der Waals surface area contributed by atoms with Crippen molar-refractivity contribution < 1.29 is 13.9 Å². The van der Waals surface area contributed by atoms with E-state index in [1.165, 1.54) is 25.0 Å². The Morgan fingerprint density at radius 2 is 1.78 bits per heavy atom. The van der Waals surface area contributed by atoms with Crippen molar-refractivity contribution in [2.75, 3.05) is 26.2 Å². The summed E-state index contributed by atoms with van der Waals surface area (Å²) in [6.45, 7) is 3.10. The number of carbonyl (C=O) groups excluding carboxylic acids is 1. The van der Waals surface area contributed by atoms with Crippen LogP contribution in [0, 0.1) is 5.82 Å². The predicted molar refractivity (Wildman–Crippen MR) is 104 cm³/mol. The monoisotopic (exact) mass is 370 g/mol. The van der Waals surface area contributed by atoms with Crippen LogP contribution in [0.5, 0.6) is 5.75 Å². The minimum Gasteiger partial charge on any atom is -0.494 e. The molecule has 144 valence electrons. The summed E-state index contributed by atoms with van der Waals surface area (Å²) < 4.78 is 18.9. The van der Waals surface area contributed by atoms with Gasteiger partial charge in [-0.25, -0.2) is 4.39 Å².